The fraction of sp³-hybridized carbons (Fsp3) is 0.333. The second kappa shape index (κ2) is 4.97. The highest BCUT2D eigenvalue weighted by Crippen LogP contribution is 2.13. The van der Waals surface area contributed by atoms with Crippen molar-refractivity contribution in [2.75, 3.05) is 11.9 Å². The number of amides is 1. The summed E-state index contributed by atoms with van der Waals surface area (Å²) < 4.78 is 0. The Balaban J connectivity index is 2.05. The van der Waals surface area contributed by atoms with Crippen LogP contribution in [0.3, 0.4) is 0 Å². The molecule has 17 heavy (non-hydrogen) atoms. The molecular formula is C12H14N2O3. The number of rotatable bonds is 3. The number of carboxylic acids is 1. The Morgan fingerprint density at radius 2 is 2.24 bits per heavy atom. The molecule has 2 rings (SSSR count). The van der Waals surface area contributed by atoms with Crippen LogP contribution in [0.5, 0.6) is 0 Å². The predicted molar refractivity (Wildman–Crippen MR) is 63.1 cm³/mol. The second-order valence-electron chi connectivity index (χ2n) is 4.02. The topological polar surface area (TPSA) is 78.4 Å². The van der Waals surface area contributed by atoms with Crippen molar-refractivity contribution in [3.63, 3.8) is 0 Å². The Labute approximate surface area is 98.8 Å². The summed E-state index contributed by atoms with van der Waals surface area (Å²) in [5.74, 6) is -1.11. The molecule has 5 heteroatoms. The Kier molecular flexibility index (Phi) is 3.39. The van der Waals surface area contributed by atoms with E-state index in [1.54, 1.807) is 12.1 Å². The van der Waals surface area contributed by atoms with Gasteiger partial charge in [0.2, 0.25) is 5.91 Å². The van der Waals surface area contributed by atoms with Crippen molar-refractivity contribution in [3.05, 3.63) is 29.8 Å². The van der Waals surface area contributed by atoms with Crippen LogP contribution in [-0.4, -0.2) is 29.6 Å². The lowest BCUT2D eigenvalue weighted by atomic mass is 10.2. The van der Waals surface area contributed by atoms with Gasteiger partial charge in [0.05, 0.1) is 11.6 Å². The standard InChI is InChI=1S/C12H14N2O3/c15-11(10-5-2-6-13-10)14-9-4-1-3-8(7-9)12(16)17/h1,3-4,7,10,13H,2,5-6H2,(H,14,15)(H,16,17)/t10-/m1/s1. The molecule has 90 valence electrons. The van der Waals surface area contributed by atoms with Crippen molar-refractivity contribution in [2.24, 2.45) is 0 Å². The molecule has 1 aliphatic rings. The number of benzene rings is 1. The third-order valence-electron chi connectivity index (χ3n) is 2.75. The second-order valence-corrected chi connectivity index (χ2v) is 4.02. The zero-order chi connectivity index (χ0) is 12.3. The van der Waals surface area contributed by atoms with Crippen molar-refractivity contribution in [1.29, 1.82) is 0 Å². The molecule has 1 aromatic rings. The van der Waals surface area contributed by atoms with Gasteiger partial charge in [-0.25, -0.2) is 4.79 Å². The largest absolute Gasteiger partial charge is 0.478 e. The highest BCUT2D eigenvalue weighted by molar-refractivity contribution is 5.96. The molecule has 0 aliphatic carbocycles. The lowest BCUT2D eigenvalue weighted by Crippen LogP contribution is -2.35. The minimum absolute atomic E-state index is 0.106. The van der Waals surface area contributed by atoms with Crippen LogP contribution in [0.25, 0.3) is 0 Å². The number of hydrogen-bond donors (Lipinski definition) is 3. The van der Waals surface area contributed by atoms with Gasteiger partial charge >= 0.3 is 5.97 Å². The highest BCUT2D eigenvalue weighted by Gasteiger charge is 2.21. The van der Waals surface area contributed by atoms with Gasteiger partial charge in [-0.15, -0.1) is 0 Å². The maximum Gasteiger partial charge on any atom is 0.335 e. The molecular weight excluding hydrogens is 220 g/mol. The Morgan fingerprint density at radius 3 is 2.88 bits per heavy atom. The van der Waals surface area contributed by atoms with Gasteiger partial charge in [0.1, 0.15) is 0 Å². The molecule has 0 unspecified atom stereocenters. The normalized spacial score (nSPS) is 18.9. The molecule has 0 radical (unpaired) electrons. The van der Waals surface area contributed by atoms with Gasteiger partial charge in [0, 0.05) is 5.69 Å². The molecule has 1 aliphatic heterocycles. The quantitative estimate of drug-likeness (QED) is 0.731. The van der Waals surface area contributed by atoms with E-state index < -0.39 is 5.97 Å². The van der Waals surface area contributed by atoms with Crippen LogP contribution in [0, 0.1) is 0 Å². The molecule has 1 atom stereocenters. The SMILES string of the molecule is O=C(O)c1cccc(NC(=O)[C@H]2CCCN2)c1. The summed E-state index contributed by atoms with van der Waals surface area (Å²) in [7, 11) is 0. The highest BCUT2D eigenvalue weighted by atomic mass is 16.4. The smallest absolute Gasteiger partial charge is 0.335 e. The number of anilines is 1. The van der Waals surface area contributed by atoms with E-state index >= 15 is 0 Å². The number of nitrogens with one attached hydrogen (secondary N) is 2. The van der Waals surface area contributed by atoms with E-state index in [-0.39, 0.29) is 17.5 Å². The van der Waals surface area contributed by atoms with Crippen molar-refractivity contribution in [1.82, 2.24) is 5.32 Å². The summed E-state index contributed by atoms with van der Waals surface area (Å²) in [5.41, 5.74) is 0.686. The Bertz CT molecular complexity index is 439. The molecule has 1 amide bonds. The van der Waals surface area contributed by atoms with Crippen LogP contribution < -0.4 is 10.6 Å². The summed E-state index contributed by atoms with van der Waals surface area (Å²) in [4.78, 5) is 22.5. The van der Waals surface area contributed by atoms with Crippen LogP contribution in [0.2, 0.25) is 0 Å². The first-order valence-electron chi connectivity index (χ1n) is 5.54. The molecule has 0 aromatic heterocycles. The van der Waals surface area contributed by atoms with Crippen LogP contribution >= 0.6 is 0 Å². The number of carbonyl (C=O) groups is 2. The maximum absolute atomic E-state index is 11.8. The fourth-order valence-corrected chi connectivity index (χ4v) is 1.87. The number of hydrogen-bond acceptors (Lipinski definition) is 3. The molecule has 0 bridgehead atoms. The molecule has 1 heterocycles. The minimum atomic E-state index is -1.000. The predicted octanol–water partition coefficient (Wildman–Crippen LogP) is 1.08. The van der Waals surface area contributed by atoms with Gasteiger partial charge in [-0.3, -0.25) is 4.79 Å². The molecule has 1 aromatic carbocycles. The lowest BCUT2D eigenvalue weighted by molar-refractivity contribution is -0.117. The molecule has 1 saturated heterocycles. The van der Waals surface area contributed by atoms with Crippen LogP contribution in [0.15, 0.2) is 24.3 Å². The van der Waals surface area contributed by atoms with Gasteiger partial charge in [0.15, 0.2) is 0 Å². The average molecular weight is 234 g/mol. The van der Waals surface area contributed by atoms with Gasteiger partial charge in [0.25, 0.3) is 0 Å². The van der Waals surface area contributed by atoms with Crippen molar-refractivity contribution in [2.45, 2.75) is 18.9 Å². The molecule has 0 spiro atoms. The van der Waals surface area contributed by atoms with Gasteiger partial charge in [-0.2, -0.15) is 0 Å². The van der Waals surface area contributed by atoms with Crippen molar-refractivity contribution >= 4 is 17.6 Å². The summed E-state index contributed by atoms with van der Waals surface area (Å²) in [6.45, 7) is 0.854. The first-order chi connectivity index (χ1) is 8.16. The zero-order valence-corrected chi connectivity index (χ0v) is 9.27. The van der Waals surface area contributed by atoms with E-state index in [4.69, 9.17) is 5.11 Å². The molecule has 5 nitrogen and oxygen atoms in total. The third kappa shape index (κ3) is 2.82. The van der Waals surface area contributed by atoms with E-state index in [1.165, 1.54) is 12.1 Å². The molecule has 1 fully saturated rings. The van der Waals surface area contributed by atoms with Gasteiger partial charge < -0.3 is 15.7 Å². The fourth-order valence-electron chi connectivity index (χ4n) is 1.87. The monoisotopic (exact) mass is 234 g/mol. The van der Waals surface area contributed by atoms with E-state index in [2.05, 4.69) is 10.6 Å². The summed E-state index contributed by atoms with van der Waals surface area (Å²) >= 11 is 0. The van der Waals surface area contributed by atoms with Gasteiger partial charge in [-0.1, -0.05) is 6.07 Å². The Morgan fingerprint density at radius 1 is 1.41 bits per heavy atom. The first kappa shape index (κ1) is 11.6. The Hall–Kier alpha value is -1.88. The molecule has 0 saturated carbocycles. The number of carbonyl (C=O) groups excluding carboxylic acids is 1. The van der Waals surface area contributed by atoms with E-state index in [0.29, 0.717) is 5.69 Å². The molecule has 3 N–H and O–H groups in total. The van der Waals surface area contributed by atoms with Crippen LogP contribution in [-0.2, 0) is 4.79 Å². The van der Waals surface area contributed by atoms with Crippen molar-refractivity contribution in [3.8, 4) is 0 Å². The summed E-state index contributed by atoms with van der Waals surface area (Å²) in [6.07, 6.45) is 1.82. The third-order valence-corrected chi connectivity index (χ3v) is 2.75. The maximum atomic E-state index is 11.8. The van der Waals surface area contributed by atoms with E-state index in [0.717, 1.165) is 19.4 Å². The summed E-state index contributed by atoms with van der Waals surface area (Å²) in [6, 6.07) is 6.07. The van der Waals surface area contributed by atoms with Gasteiger partial charge in [-0.05, 0) is 37.6 Å². The van der Waals surface area contributed by atoms with E-state index in [1.807, 2.05) is 0 Å². The van der Waals surface area contributed by atoms with Crippen molar-refractivity contribution < 1.29 is 14.7 Å². The number of carboxylic acid groups (broad SMARTS) is 1. The lowest BCUT2D eigenvalue weighted by Gasteiger charge is -2.11. The van der Waals surface area contributed by atoms with Crippen LogP contribution in [0.4, 0.5) is 5.69 Å². The van der Waals surface area contributed by atoms with E-state index in [9.17, 15) is 9.59 Å². The number of aromatic carboxylic acids is 1. The average Bonchev–Trinajstić information content (AvgIpc) is 2.82. The summed E-state index contributed by atoms with van der Waals surface area (Å²) in [5, 5.41) is 14.6. The van der Waals surface area contributed by atoms with Crippen LogP contribution in [0.1, 0.15) is 23.2 Å². The minimum Gasteiger partial charge on any atom is -0.478 e. The first-order valence-corrected chi connectivity index (χ1v) is 5.54. The zero-order valence-electron chi connectivity index (χ0n) is 9.27.